The van der Waals surface area contributed by atoms with Crippen molar-refractivity contribution in [3.8, 4) is 0 Å². The normalized spacial score (nSPS) is 37.1. The van der Waals surface area contributed by atoms with Crippen molar-refractivity contribution in [3.63, 3.8) is 0 Å². The van der Waals surface area contributed by atoms with Gasteiger partial charge in [-0.1, -0.05) is 63.9 Å². The second kappa shape index (κ2) is 13.9. The average molecular weight is 724 g/mol. The molecule has 282 valence electrons. The lowest BCUT2D eigenvalue weighted by Crippen LogP contribution is -2.61. The number of hydrogen-bond acceptors (Lipinski definition) is 6. The molecule has 0 saturated heterocycles. The molecule has 8 heteroatoms. The zero-order valence-electron chi connectivity index (χ0n) is 32.3. The number of fused-ring (bicyclic) bond motifs is 7. The SMILES string of the molecule is CC(C)C1=C2C3CCC4C(C)(CCC5C(C)C(OC(=O)CC(C)(C)C(=O)O)CCC54C)C3CCC2(C(O)CN(C)Cc2ccc(Cl)cc2)CC1=O. The Morgan fingerprint density at radius 1 is 1.00 bits per heavy atom. The molecule has 5 aliphatic carbocycles. The number of carbonyl (C=O) groups excluding carboxylic acids is 2. The minimum absolute atomic E-state index is 0.122. The summed E-state index contributed by atoms with van der Waals surface area (Å²) < 4.78 is 6.05. The van der Waals surface area contributed by atoms with Crippen molar-refractivity contribution in [2.24, 2.45) is 57.2 Å². The van der Waals surface area contributed by atoms with E-state index in [-0.39, 0.29) is 41.0 Å². The van der Waals surface area contributed by atoms with E-state index in [0.29, 0.717) is 48.2 Å². The number of benzene rings is 1. The molecule has 1 aromatic carbocycles. The van der Waals surface area contributed by atoms with Crippen molar-refractivity contribution < 1.29 is 29.3 Å². The molecule has 6 rings (SSSR count). The van der Waals surface area contributed by atoms with Crippen molar-refractivity contribution in [3.05, 3.63) is 46.0 Å². The number of ether oxygens (including phenoxy) is 1. The van der Waals surface area contributed by atoms with Crippen molar-refractivity contribution in [2.45, 2.75) is 131 Å². The van der Waals surface area contributed by atoms with Crippen LogP contribution >= 0.6 is 11.6 Å². The summed E-state index contributed by atoms with van der Waals surface area (Å²) in [4.78, 5) is 40.7. The zero-order valence-corrected chi connectivity index (χ0v) is 33.0. The van der Waals surface area contributed by atoms with E-state index in [2.05, 4.69) is 46.6 Å². The van der Waals surface area contributed by atoms with E-state index < -0.39 is 28.9 Å². The quantitative estimate of drug-likeness (QED) is 0.233. The molecule has 1 aromatic rings. The number of rotatable bonds is 10. The van der Waals surface area contributed by atoms with Gasteiger partial charge in [0.15, 0.2) is 5.78 Å². The van der Waals surface area contributed by atoms with Gasteiger partial charge in [-0.3, -0.25) is 19.3 Å². The van der Waals surface area contributed by atoms with Crippen LogP contribution in [-0.4, -0.2) is 58.6 Å². The number of carboxylic acid groups (broad SMARTS) is 1. The number of halogens is 1. The molecule has 0 aliphatic heterocycles. The molecule has 5 aliphatic rings. The Bertz CT molecular complexity index is 1550. The predicted octanol–water partition coefficient (Wildman–Crippen LogP) is 8.75. The Balaban J connectivity index is 1.22. The van der Waals surface area contributed by atoms with Crippen LogP contribution in [-0.2, 0) is 25.7 Å². The molecule has 0 spiro atoms. The molecule has 0 radical (unpaired) electrons. The smallest absolute Gasteiger partial charge is 0.309 e. The minimum atomic E-state index is -1.15. The Labute approximate surface area is 310 Å². The molecule has 2 N–H and O–H groups in total. The van der Waals surface area contributed by atoms with Crippen LogP contribution in [0.15, 0.2) is 35.4 Å². The van der Waals surface area contributed by atoms with E-state index in [1.807, 2.05) is 24.3 Å². The third-order valence-electron chi connectivity index (χ3n) is 15.1. The van der Waals surface area contributed by atoms with Crippen molar-refractivity contribution in [2.75, 3.05) is 13.6 Å². The summed E-state index contributed by atoms with van der Waals surface area (Å²) >= 11 is 6.13. The second-order valence-corrected chi connectivity index (χ2v) is 19.3. The highest BCUT2D eigenvalue weighted by Crippen LogP contribution is 2.72. The maximum absolute atomic E-state index is 14.0. The summed E-state index contributed by atoms with van der Waals surface area (Å²) in [6.45, 7) is 16.0. The number of hydrogen-bond donors (Lipinski definition) is 2. The van der Waals surface area contributed by atoms with Gasteiger partial charge in [0.2, 0.25) is 0 Å². The monoisotopic (exact) mass is 723 g/mol. The van der Waals surface area contributed by atoms with Crippen LogP contribution in [0.5, 0.6) is 0 Å². The third kappa shape index (κ3) is 6.64. The molecule has 10 unspecified atom stereocenters. The number of Topliss-reactive ketones (excluding diaryl/α,β-unsaturated/α-hetero) is 1. The average Bonchev–Trinajstić information content (AvgIpc) is 3.36. The van der Waals surface area contributed by atoms with Crippen LogP contribution in [0, 0.1) is 57.2 Å². The fourth-order valence-corrected chi connectivity index (χ4v) is 12.7. The minimum Gasteiger partial charge on any atom is -0.481 e. The van der Waals surface area contributed by atoms with Crippen molar-refractivity contribution in [1.29, 1.82) is 0 Å². The van der Waals surface area contributed by atoms with Gasteiger partial charge in [0, 0.05) is 29.9 Å². The number of esters is 1. The lowest BCUT2D eigenvalue weighted by Gasteiger charge is -2.67. The molecular weight excluding hydrogens is 662 g/mol. The number of carboxylic acids is 1. The highest BCUT2D eigenvalue weighted by atomic mass is 35.5. The van der Waals surface area contributed by atoms with E-state index in [9.17, 15) is 24.6 Å². The van der Waals surface area contributed by atoms with Crippen LogP contribution < -0.4 is 0 Å². The number of carbonyl (C=O) groups is 3. The Morgan fingerprint density at radius 2 is 1.63 bits per heavy atom. The predicted molar refractivity (Wildman–Crippen MR) is 200 cm³/mol. The van der Waals surface area contributed by atoms with Gasteiger partial charge in [0.05, 0.1) is 17.9 Å². The first kappa shape index (κ1) is 38.5. The van der Waals surface area contributed by atoms with Gasteiger partial charge in [0.1, 0.15) is 6.10 Å². The van der Waals surface area contributed by atoms with Gasteiger partial charge in [-0.05, 0) is 142 Å². The number of ketones is 1. The lowest BCUT2D eigenvalue weighted by molar-refractivity contribution is -0.193. The molecule has 4 saturated carbocycles. The number of aliphatic carboxylic acids is 1. The summed E-state index contributed by atoms with van der Waals surface area (Å²) in [7, 11) is 2.06. The zero-order chi connectivity index (χ0) is 37.3. The number of nitrogens with zero attached hydrogens (tertiary/aromatic N) is 1. The highest BCUT2D eigenvalue weighted by molar-refractivity contribution is 6.30. The van der Waals surface area contributed by atoms with E-state index in [4.69, 9.17) is 16.3 Å². The fraction of sp³-hybridized carbons (Fsp3) is 0.744. The number of aliphatic hydroxyl groups is 1. The standard InChI is InChI=1S/C43H62ClNO6/c1-25(2)37-32(46)21-43(35(47)24-45(8)23-27-9-11-28(44)12-10-27)20-16-31-29(38(37)43)13-14-34-41(6)19-17-33(26(3)30(41)15-18-42(31,34)7)51-36(48)22-40(4,5)39(49)50/h9-12,25-26,29-31,33-35,47H,13-24H2,1-8H3,(H,49,50). The van der Waals surface area contributed by atoms with Crippen LogP contribution in [0.4, 0.5) is 0 Å². The van der Waals surface area contributed by atoms with Gasteiger partial charge < -0.3 is 14.9 Å². The summed E-state index contributed by atoms with van der Waals surface area (Å²) in [5, 5.41) is 22.5. The van der Waals surface area contributed by atoms with Crippen LogP contribution in [0.1, 0.15) is 118 Å². The number of likely N-dealkylation sites (N-methyl/N-ethyl adjacent to an activating group) is 1. The third-order valence-corrected chi connectivity index (χ3v) is 15.4. The second-order valence-electron chi connectivity index (χ2n) is 18.9. The van der Waals surface area contributed by atoms with Crippen LogP contribution in [0.2, 0.25) is 5.02 Å². The largest absolute Gasteiger partial charge is 0.481 e. The van der Waals surface area contributed by atoms with Gasteiger partial charge in [-0.2, -0.15) is 0 Å². The first-order valence-corrected chi connectivity index (χ1v) is 20.0. The van der Waals surface area contributed by atoms with E-state index in [0.717, 1.165) is 62.5 Å². The molecule has 51 heavy (non-hydrogen) atoms. The molecule has 7 nitrogen and oxygen atoms in total. The molecule has 0 amide bonds. The van der Waals surface area contributed by atoms with Gasteiger partial charge in [-0.15, -0.1) is 0 Å². The van der Waals surface area contributed by atoms with E-state index in [1.165, 1.54) is 5.57 Å². The highest BCUT2D eigenvalue weighted by Gasteiger charge is 2.66. The van der Waals surface area contributed by atoms with Crippen molar-refractivity contribution in [1.82, 2.24) is 4.90 Å². The number of allylic oxidation sites excluding steroid dienone is 1. The molecular formula is C43H62ClNO6. The summed E-state index contributed by atoms with van der Waals surface area (Å²) in [5.41, 5.74) is 2.08. The van der Waals surface area contributed by atoms with Crippen LogP contribution in [0.3, 0.4) is 0 Å². The topological polar surface area (TPSA) is 104 Å². The first-order chi connectivity index (χ1) is 23.8. The van der Waals surface area contributed by atoms with Gasteiger partial charge >= 0.3 is 11.9 Å². The summed E-state index contributed by atoms with van der Waals surface area (Å²) in [6, 6.07) is 7.88. The summed E-state index contributed by atoms with van der Waals surface area (Å²) in [6.07, 6.45) is 7.57. The molecule has 0 aromatic heterocycles. The Hall–Kier alpha value is -2.22. The molecule has 10 atom stereocenters. The molecule has 4 fully saturated rings. The lowest BCUT2D eigenvalue weighted by atomic mass is 9.38. The summed E-state index contributed by atoms with van der Waals surface area (Å²) in [5.74, 6) is 0.955. The van der Waals surface area contributed by atoms with Gasteiger partial charge in [-0.25, -0.2) is 0 Å². The molecule has 0 heterocycles. The van der Waals surface area contributed by atoms with Crippen molar-refractivity contribution >= 4 is 29.3 Å². The van der Waals surface area contributed by atoms with Gasteiger partial charge in [0.25, 0.3) is 0 Å². The van der Waals surface area contributed by atoms with E-state index >= 15 is 0 Å². The maximum Gasteiger partial charge on any atom is 0.309 e. The van der Waals surface area contributed by atoms with Crippen LogP contribution in [0.25, 0.3) is 0 Å². The molecule has 0 bridgehead atoms. The fourth-order valence-electron chi connectivity index (χ4n) is 12.6. The Morgan fingerprint density at radius 3 is 2.27 bits per heavy atom. The first-order valence-electron chi connectivity index (χ1n) is 19.7. The number of aliphatic hydroxyl groups excluding tert-OH is 1. The van der Waals surface area contributed by atoms with E-state index in [1.54, 1.807) is 13.8 Å². The Kier molecular flexibility index (Phi) is 10.5. The maximum atomic E-state index is 14.0.